The van der Waals surface area contributed by atoms with Crippen molar-refractivity contribution < 1.29 is 0 Å². The van der Waals surface area contributed by atoms with Gasteiger partial charge in [0.25, 0.3) is 0 Å². The molecular weight excluding hydrogens is 220 g/mol. The van der Waals surface area contributed by atoms with Gasteiger partial charge < -0.3 is 5.32 Å². The second-order valence-electron chi connectivity index (χ2n) is 5.07. The molecule has 0 amide bonds. The molecule has 0 saturated carbocycles. The lowest BCUT2D eigenvalue weighted by molar-refractivity contribution is 0.160. The summed E-state index contributed by atoms with van der Waals surface area (Å²) < 4.78 is 0. The molecule has 0 spiro atoms. The fraction of sp³-hybridized carbons (Fsp3) is 0.625. The van der Waals surface area contributed by atoms with Gasteiger partial charge in [-0.3, -0.25) is 4.90 Å². The van der Waals surface area contributed by atoms with E-state index in [0.29, 0.717) is 12.0 Å². The van der Waals surface area contributed by atoms with E-state index in [1.807, 2.05) is 0 Å². The first-order valence-corrected chi connectivity index (χ1v) is 7.17. The highest BCUT2D eigenvalue weighted by molar-refractivity contribution is 5.14. The Bertz CT molecular complexity index is 310. The topological polar surface area (TPSA) is 15.3 Å². The van der Waals surface area contributed by atoms with Crippen LogP contribution in [0.1, 0.15) is 33.3 Å². The van der Waals surface area contributed by atoms with Gasteiger partial charge in [0, 0.05) is 12.6 Å². The molecule has 0 fully saturated rings. The maximum absolute atomic E-state index is 3.45. The standard InChI is InChI=1S/C16H28N2/c1-5-17-12-14(3)15(4)18(6-2)13-16-10-8-7-9-11-16/h7-11,14-15,17H,5-6,12-13H2,1-4H3. The van der Waals surface area contributed by atoms with Crippen LogP contribution in [0.15, 0.2) is 30.3 Å². The van der Waals surface area contributed by atoms with Gasteiger partial charge in [-0.05, 0) is 38.0 Å². The smallest absolute Gasteiger partial charge is 0.0236 e. The summed E-state index contributed by atoms with van der Waals surface area (Å²) in [6.45, 7) is 13.4. The average Bonchev–Trinajstić information content (AvgIpc) is 2.42. The fourth-order valence-electron chi connectivity index (χ4n) is 2.26. The Hall–Kier alpha value is -0.860. The summed E-state index contributed by atoms with van der Waals surface area (Å²) in [6, 6.07) is 11.4. The monoisotopic (exact) mass is 248 g/mol. The normalized spacial score (nSPS) is 14.7. The number of hydrogen-bond donors (Lipinski definition) is 1. The van der Waals surface area contributed by atoms with E-state index >= 15 is 0 Å². The molecule has 2 nitrogen and oxygen atoms in total. The molecule has 102 valence electrons. The highest BCUT2D eigenvalue weighted by Crippen LogP contribution is 2.14. The molecule has 0 aliphatic rings. The quantitative estimate of drug-likeness (QED) is 0.760. The summed E-state index contributed by atoms with van der Waals surface area (Å²) in [5, 5.41) is 3.45. The zero-order chi connectivity index (χ0) is 13.4. The van der Waals surface area contributed by atoms with Gasteiger partial charge in [-0.1, -0.05) is 51.1 Å². The zero-order valence-electron chi connectivity index (χ0n) is 12.3. The minimum atomic E-state index is 0.606. The van der Waals surface area contributed by atoms with Crippen molar-refractivity contribution in [1.82, 2.24) is 10.2 Å². The van der Waals surface area contributed by atoms with Crippen LogP contribution in [0.2, 0.25) is 0 Å². The average molecular weight is 248 g/mol. The van der Waals surface area contributed by atoms with Crippen LogP contribution in [0.5, 0.6) is 0 Å². The molecule has 0 radical (unpaired) electrons. The first-order valence-electron chi connectivity index (χ1n) is 7.17. The molecule has 0 aliphatic carbocycles. The number of rotatable bonds is 8. The number of nitrogens with zero attached hydrogens (tertiary/aromatic N) is 1. The maximum Gasteiger partial charge on any atom is 0.0236 e. The fourth-order valence-corrected chi connectivity index (χ4v) is 2.26. The molecule has 2 heteroatoms. The van der Waals surface area contributed by atoms with Crippen molar-refractivity contribution in [1.29, 1.82) is 0 Å². The van der Waals surface area contributed by atoms with Gasteiger partial charge in [-0.15, -0.1) is 0 Å². The summed E-state index contributed by atoms with van der Waals surface area (Å²) in [5.74, 6) is 0.675. The Balaban J connectivity index is 2.54. The second-order valence-corrected chi connectivity index (χ2v) is 5.07. The van der Waals surface area contributed by atoms with E-state index in [2.05, 4.69) is 68.2 Å². The lowest BCUT2D eigenvalue weighted by Crippen LogP contribution is -2.40. The Kier molecular flexibility index (Phi) is 6.99. The van der Waals surface area contributed by atoms with Crippen LogP contribution >= 0.6 is 0 Å². The van der Waals surface area contributed by atoms with Crippen molar-refractivity contribution in [2.75, 3.05) is 19.6 Å². The lowest BCUT2D eigenvalue weighted by atomic mass is 10.0. The van der Waals surface area contributed by atoms with Crippen LogP contribution in [0, 0.1) is 5.92 Å². The van der Waals surface area contributed by atoms with E-state index < -0.39 is 0 Å². The third-order valence-corrected chi connectivity index (χ3v) is 3.75. The Morgan fingerprint density at radius 1 is 1.11 bits per heavy atom. The van der Waals surface area contributed by atoms with Crippen LogP contribution < -0.4 is 5.32 Å². The Labute approximate surface area is 112 Å². The highest BCUT2D eigenvalue weighted by Gasteiger charge is 2.18. The summed E-state index contributed by atoms with van der Waals surface area (Å²) in [4.78, 5) is 2.55. The molecule has 1 rings (SSSR count). The first kappa shape index (κ1) is 15.2. The molecule has 0 saturated heterocycles. The number of hydrogen-bond acceptors (Lipinski definition) is 2. The molecule has 1 N–H and O–H groups in total. The SMILES string of the molecule is CCNCC(C)C(C)N(CC)Cc1ccccc1. The highest BCUT2D eigenvalue weighted by atomic mass is 15.1. The second kappa shape index (κ2) is 8.28. The van der Waals surface area contributed by atoms with Crippen LogP contribution in [0.25, 0.3) is 0 Å². The molecule has 0 heterocycles. The van der Waals surface area contributed by atoms with Gasteiger partial charge in [-0.25, -0.2) is 0 Å². The minimum absolute atomic E-state index is 0.606. The van der Waals surface area contributed by atoms with Crippen LogP contribution in [0.3, 0.4) is 0 Å². The summed E-state index contributed by atoms with van der Waals surface area (Å²) in [5.41, 5.74) is 1.40. The molecule has 1 aromatic rings. The van der Waals surface area contributed by atoms with Crippen molar-refractivity contribution >= 4 is 0 Å². The van der Waals surface area contributed by atoms with Crippen molar-refractivity contribution in [3.63, 3.8) is 0 Å². The molecular formula is C16H28N2. The predicted octanol–water partition coefficient (Wildman–Crippen LogP) is 3.14. The van der Waals surface area contributed by atoms with Crippen molar-refractivity contribution in [3.05, 3.63) is 35.9 Å². The van der Waals surface area contributed by atoms with Crippen LogP contribution in [-0.2, 0) is 6.54 Å². The zero-order valence-corrected chi connectivity index (χ0v) is 12.3. The third kappa shape index (κ3) is 4.79. The summed E-state index contributed by atoms with van der Waals surface area (Å²) in [7, 11) is 0. The Morgan fingerprint density at radius 2 is 1.78 bits per heavy atom. The third-order valence-electron chi connectivity index (χ3n) is 3.75. The van der Waals surface area contributed by atoms with E-state index in [1.54, 1.807) is 0 Å². The van der Waals surface area contributed by atoms with E-state index in [-0.39, 0.29) is 0 Å². The number of benzene rings is 1. The molecule has 0 aromatic heterocycles. The van der Waals surface area contributed by atoms with Crippen molar-refractivity contribution in [2.45, 2.75) is 40.3 Å². The van der Waals surface area contributed by atoms with Crippen molar-refractivity contribution in [2.24, 2.45) is 5.92 Å². The predicted molar refractivity (Wildman–Crippen MR) is 79.7 cm³/mol. The largest absolute Gasteiger partial charge is 0.317 e. The van der Waals surface area contributed by atoms with Gasteiger partial charge in [0.1, 0.15) is 0 Å². The van der Waals surface area contributed by atoms with Crippen molar-refractivity contribution in [3.8, 4) is 0 Å². The van der Waals surface area contributed by atoms with E-state index in [4.69, 9.17) is 0 Å². The van der Waals surface area contributed by atoms with Crippen LogP contribution in [-0.4, -0.2) is 30.6 Å². The summed E-state index contributed by atoms with van der Waals surface area (Å²) in [6.07, 6.45) is 0. The van der Waals surface area contributed by atoms with Gasteiger partial charge in [0.05, 0.1) is 0 Å². The lowest BCUT2D eigenvalue weighted by Gasteiger charge is -2.32. The molecule has 0 aliphatic heterocycles. The molecule has 2 unspecified atom stereocenters. The van der Waals surface area contributed by atoms with Gasteiger partial charge >= 0.3 is 0 Å². The van der Waals surface area contributed by atoms with E-state index in [0.717, 1.165) is 26.2 Å². The molecule has 0 bridgehead atoms. The minimum Gasteiger partial charge on any atom is -0.317 e. The Morgan fingerprint density at radius 3 is 2.33 bits per heavy atom. The molecule has 1 aromatic carbocycles. The molecule has 2 atom stereocenters. The number of nitrogens with one attached hydrogen (secondary N) is 1. The van der Waals surface area contributed by atoms with E-state index in [9.17, 15) is 0 Å². The molecule has 18 heavy (non-hydrogen) atoms. The summed E-state index contributed by atoms with van der Waals surface area (Å²) >= 11 is 0. The van der Waals surface area contributed by atoms with Gasteiger partial charge in [0.2, 0.25) is 0 Å². The first-order chi connectivity index (χ1) is 8.69. The van der Waals surface area contributed by atoms with Gasteiger partial charge in [-0.2, -0.15) is 0 Å². The van der Waals surface area contributed by atoms with Gasteiger partial charge in [0.15, 0.2) is 0 Å². The maximum atomic E-state index is 3.45. The van der Waals surface area contributed by atoms with E-state index in [1.165, 1.54) is 5.56 Å². The van der Waals surface area contributed by atoms with Crippen LogP contribution in [0.4, 0.5) is 0 Å².